The molecule has 1 rings (SSSR count). The van der Waals surface area contributed by atoms with Gasteiger partial charge >= 0.3 is 5.97 Å². The van der Waals surface area contributed by atoms with Crippen LogP contribution in [0.4, 0.5) is 13.2 Å². The van der Waals surface area contributed by atoms with Gasteiger partial charge in [-0.15, -0.1) is 0 Å². The number of carbonyl (C=O) groups excluding carboxylic acids is 1. The highest BCUT2D eigenvalue weighted by Crippen LogP contribution is 2.15. The minimum atomic E-state index is -1.79. The van der Waals surface area contributed by atoms with E-state index in [9.17, 15) is 22.8 Å². The van der Waals surface area contributed by atoms with E-state index in [1.54, 1.807) is 0 Å². The zero-order valence-electron chi connectivity index (χ0n) is 10.5. The van der Waals surface area contributed by atoms with Gasteiger partial charge in [-0.1, -0.05) is 0 Å². The largest absolute Gasteiger partial charge is 0.480 e. The van der Waals surface area contributed by atoms with E-state index >= 15 is 0 Å². The first-order valence-electron chi connectivity index (χ1n) is 5.54. The lowest BCUT2D eigenvalue weighted by molar-refractivity contribution is -0.139. The lowest BCUT2D eigenvalue weighted by Gasteiger charge is -2.14. The van der Waals surface area contributed by atoms with Gasteiger partial charge in [0, 0.05) is 20.1 Å². The van der Waals surface area contributed by atoms with Crippen LogP contribution in [0.3, 0.4) is 0 Å². The molecule has 0 bridgehead atoms. The van der Waals surface area contributed by atoms with E-state index in [4.69, 9.17) is 5.11 Å². The fraction of sp³-hybridized carbons (Fsp3) is 0.333. The Morgan fingerprint density at radius 3 is 2.50 bits per heavy atom. The Bertz CT molecular complexity index is 522. The van der Waals surface area contributed by atoms with Crippen molar-refractivity contribution in [2.45, 2.75) is 12.5 Å². The molecule has 0 aliphatic rings. The molecule has 0 aliphatic carbocycles. The summed E-state index contributed by atoms with van der Waals surface area (Å²) in [6, 6.07) is -0.00807. The minimum Gasteiger partial charge on any atom is -0.480 e. The zero-order chi connectivity index (χ0) is 15.3. The van der Waals surface area contributed by atoms with E-state index in [1.165, 1.54) is 7.11 Å². The number of hydrogen-bond acceptors (Lipinski definition) is 3. The number of carbonyl (C=O) groups is 2. The summed E-state index contributed by atoms with van der Waals surface area (Å²) in [5.74, 6) is -7.39. The van der Waals surface area contributed by atoms with Gasteiger partial charge in [0.2, 0.25) is 0 Å². The molecule has 1 aromatic rings. The van der Waals surface area contributed by atoms with Crippen LogP contribution in [0.2, 0.25) is 0 Å². The Morgan fingerprint density at radius 2 is 1.95 bits per heavy atom. The Balaban J connectivity index is 2.89. The van der Waals surface area contributed by atoms with Crippen molar-refractivity contribution in [3.8, 4) is 0 Å². The summed E-state index contributed by atoms with van der Waals surface area (Å²) in [5.41, 5.74) is -0.771. The van der Waals surface area contributed by atoms with Crippen LogP contribution in [0.25, 0.3) is 0 Å². The van der Waals surface area contributed by atoms with Crippen molar-refractivity contribution < 1.29 is 32.6 Å². The van der Waals surface area contributed by atoms with Crippen molar-refractivity contribution in [2.75, 3.05) is 13.7 Å². The molecule has 1 aromatic carbocycles. The third-order valence-electron chi connectivity index (χ3n) is 2.49. The molecule has 1 amide bonds. The molecule has 0 saturated carbocycles. The average Bonchev–Trinajstić information content (AvgIpc) is 2.40. The maximum atomic E-state index is 13.4. The number of aliphatic carboxylic acids is 1. The number of nitrogens with one attached hydrogen (secondary N) is 1. The summed E-state index contributed by atoms with van der Waals surface area (Å²) in [6.07, 6.45) is -0.0527. The summed E-state index contributed by atoms with van der Waals surface area (Å²) in [5, 5.41) is 10.9. The molecular weight excluding hydrogens is 279 g/mol. The van der Waals surface area contributed by atoms with Gasteiger partial charge in [-0.3, -0.25) is 4.79 Å². The van der Waals surface area contributed by atoms with Crippen molar-refractivity contribution in [2.24, 2.45) is 0 Å². The lowest BCUT2D eigenvalue weighted by Crippen LogP contribution is -2.41. The molecular formula is C12H12F3NO4. The number of halogens is 3. The van der Waals surface area contributed by atoms with E-state index < -0.39 is 40.9 Å². The molecule has 0 heterocycles. The van der Waals surface area contributed by atoms with Crippen molar-refractivity contribution >= 4 is 11.9 Å². The second kappa shape index (κ2) is 6.90. The molecule has 110 valence electrons. The van der Waals surface area contributed by atoms with Crippen molar-refractivity contribution in [1.82, 2.24) is 5.32 Å². The van der Waals surface area contributed by atoms with E-state index in [2.05, 4.69) is 4.74 Å². The quantitative estimate of drug-likeness (QED) is 0.775. The molecule has 0 aliphatic heterocycles. The van der Waals surface area contributed by atoms with Gasteiger partial charge in [0.25, 0.3) is 5.91 Å². The summed E-state index contributed by atoms with van der Waals surface area (Å²) in [6.45, 7) is 0.0531. The predicted molar refractivity (Wildman–Crippen MR) is 61.7 cm³/mol. The molecule has 0 spiro atoms. The maximum Gasteiger partial charge on any atom is 0.326 e. The third kappa shape index (κ3) is 3.70. The Hall–Kier alpha value is -2.09. The molecule has 1 unspecified atom stereocenters. The number of carboxylic acids is 1. The molecule has 0 saturated heterocycles. The van der Waals surface area contributed by atoms with Gasteiger partial charge in [-0.05, 0) is 12.1 Å². The van der Waals surface area contributed by atoms with Gasteiger partial charge in [0.15, 0.2) is 17.5 Å². The van der Waals surface area contributed by atoms with Crippen LogP contribution in [0.15, 0.2) is 12.1 Å². The molecule has 2 N–H and O–H groups in total. The van der Waals surface area contributed by atoms with Crippen LogP contribution in [-0.2, 0) is 9.53 Å². The fourth-order valence-corrected chi connectivity index (χ4v) is 1.43. The van der Waals surface area contributed by atoms with Gasteiger partial charge in [-0.25, -0.2) is 18.0 Å². The highest BCUT2D eigenvalue weighted by molar-refractivity contribution is 5.96. The Morgan fingerprint density at radius 1 is 1.30 bits per heavy atom. The summed E-state index contributed by atoms with van der Waals surface area (Å²) < 4.78 is 43.7. The SMILES string of the molecule is COCCC(NC(=O)c1ccc(F)c(F)c1F)C(=O)O. The Kier molecular flexibility index (Phi) is 5.51. The van der Waals surface area contributed by atoms with Gasteiger partial charge in [0.05, 0.1) is 5.56 Å². The third-order valence-corrected chi connectivity index (χ3v) is 2.49. The van der Waals surface area contributed by atoms with E-state index in [0.717, 1.165) is 6.07 Å². The van der Waals surface area contributed by atoms with Crippen molar-refractivity contribution in [3.63, 3.8) is 0 Å². The molecule has 20 heavy (non-hydrogen) atoms. The molecule has 8 heteroatoms. The highest BCUT2D eigenvalue weighted by Gasteiger charge is 2.24. The summed E-state index contributed by atoms with van der Waals surface area (Å²) in [4.78, 5) is 22.5. The van der Waals surface area contributed by atoms with Crippen molar-refractivity contribution in [1.29, 1.82) is 0 Å². The zero-order valence-corrected chi connectivity index (χ0v) is 10.5. The van der Waals surface area contributed by atoms with Crippen LogP contribution in [0, 0.1) is 17.5 Å². The smallest absolute Gasteiger partial charge is 0.326 e. The number of carboxylic acid groups (broad SMARTS) is 1. The van der Waals surface area contributed by atoms with Gasteiger partial charge in [0.1, 0.15) is 6.04 Å². The first-order valence-corrected chi connectivity index (χ1v) is 5.54. The maximum absolute atomic E-state index is 13.4. The number of rotatable bonds is 6. The second-order valence-corrected chi connectivity index (χ2v) is 3.87. The van der Waals surface area contributed by atoms with Gasteiger partial charge in [-0.2, -0.15) is 0 Å². The first kappa shape index (κ1) is 16.0. The van der Waals surface area contributed by atoms with E-state index in [0.29, 0.717) is 6.07 Å². The molecule has 0 aromatic heterocycles. The van der Waals surface area contributed by atoms with Crippen LogP contribution in [-0.4, -0.2) is 36.7 Å². The van der Waals surface area contributed by atoms with Gasteiger partial charge < -0.3 is 15.2 Å². The first-order chi connectivity index (χ1) is 9.38. The van der Waals surface area contributed by atoms with Crippen LogP contribution >= 0.6 is 0 Å². The lowest BCUT2D eigenvalue weighted by atomic mass is 10.1. The number of amides is 1. The summed E-state index contributed by atoms with van der Waals surface area (Å²) >= 11 is 0. The van der Waals surface area contributed by atoms with E-state index in [1.807, 2.05) is 5.32 Å². The molecule has 1 atom stereocenters. The number of ether oxygens (including phenoxy) is 1. The van der Waals surface area contributed by atoms with Crippen molar-refractivity contribution in [3.05, 3.63) is 35.1 Å². The predicted octanol–water partition coefficient (Wildman–Crippen LogP) is 1.32. The number of benzene rings is 1. The van der Waals surface area contributed by atoms with Crippen LogP contribution < -0.4 is 5.32 Å². The normalized spacial score (nSPS) is 12.0. The monoisotopic (exact) mass is 291 g/mol. The van der Waals surface area contributed by atoms with E-state index in [-0.39, 0.29) is 13.0 Å². The second-order valence-electron chi connectivity index (χ2n) is 3.87. The minimum absolute atomic E-state index is 0.0527. The fourth-order valence-electron chi connectivity index (χ4n) is 1.43. The molecule has 5 nitrogen and oxygen atoms in total. The molecule has 0 radical (unpaired) electrons. The van der Waals surface area contributed by atoms with Crippen LogP contribution in [0.5, 0.6) is 0 Å². The Labute approximate surface area is 112 Å². The average molecular weight is 291 g/mol. The topological polar surface area (TPSA) is 75.6 Å². The van der Waals surface area contributed by atoms with Crippen LogP contribution in [0.1, 0.15) is 16.8 Å². The summed E-state index contributed by atoms with van der Waals surface area (Å²) in [7, 11) is 1.34. The highest BCUT2D eigenvalue weighted by atomic mass is 19.2. The number of hydrogen-bond donors (Lipinski definition) is 2. The standard InChI is InChI=1S/C12H12F3NO4/c1-20-5-4-8(12(18)19)16-11(17)6-2-3-7(13)10(15)9(6)14/h2-3,8H,4-5H2,1H3,(H,16,17)(H,18,19). The number of methoxy groups -OCH3 is 1. The molecule has 0 fully saturated rings.